The Bertz CT molecular complexity index is 896. The van der Waals surface area contributed by atoms with Gasteiger partial charge in [-0.15, -0.1) is 11.3 Å². The van der Waals surface area contributed by atoms with Gasteiger partial charge >= 0.3 is 0 Å². The van der Waals surface area contributed by atoms with Crippen LogP contribution in [-0.2, 0) is 6.54 Å². The average molecular weight is 385 g/mol. The third-order valence-corrected chi connectivity index (χ3v) is 5.63. The minimum Gasteiger partial charge on any atom is -0.508 e. The fraction of sp³-hybridized carbons (Fsp3) is 0.286. The van der Waals surface area contributed by atoms with E-state index in [1.165, 1.54) is 0 Å². The number of hydrogen-bond acceptors (Lipinski definition) is 6. The topological polar surface area (TPSA) is 54.8 Å². The normalized spacial score (nSPS) is 12.2. The van der Waals surface area contributed by atoms with Gasteiger partial charge < -0.3 is 14.6 Å². The highest BCUT2D eigenvalue weighted by atomic mass is 32.1. The first-order valence-electron chi connectivity index (χ1n) is 8.67. The van der Waals surface area contributed by atoms with Gasteiger partial charge in [0.2, 0.25) is 0 Å². The highest BCUT2D eigenvalue weighted by molar-refractivity contribution is 7.09. The highest BCUT2D eigenvalue weighted by Gasteiger charge is 2.17. The fourth-order valence-corrected chi connectivity index (χ4v) is 3.71. The van der Waals surface area contributed by atoms with Crippen LogP contribution >= 0.6 is 11.3 Å². The maximum absolute atomic E-state index is 10.4. The number of nitrogens with zero attached hydrogens (tertiary/aromatic N) is 2. The van der Waals surface area contributed by atoms with E-state index in [0.29, 0.717) is 6.54 Å². The van der Waals surface area contributed by atoms with E-state index >= 15 is 0 Å². The number of aromatic nitrogens is 1. The Morgan fingerprint density at radius 3 is 2.63 bits per heavy atom. The Hall–Kier alpha value is -2.57. The van der Waals surface area contributed by atoms with E-state index in [0.717, 1.165) is 33.2 Å². The SMILES string of the molecule is COc1ccc(OC)c(-c2ccc(O)c(CN(C)[C@@H](C)c3nccs3)c2)c1. The van der Waals surface area contributed by atoms with Crippen LogP contribution in [0.1, 0.15) is 23.5 Å². The fourth-order valence-electron chi connectivity index (χ4n) is 2.95. The zero-order chi connectivity index (χ0) is 19.4. The number of benzene rings is 2. The van der Waals surface area contributed by atoms with Gasteiger partial charge in [0.1, 0.15) is 22.3 Å². The first kappa shape index (κ1) is 19.2. The molecule has 0 aliphatic heterocycles. The molecule has 0 spiro atoms. The summed E-state index contributed by atoms with van der Waals surface area (Å²) in [6.07, 6.45) is 1.82. The van der Waals surface area contributed by atoms with Crippen LogP contribution in [0.5, 0.6) is 17.2 Å². The molecule has 1 atom stereocenters. The summed E-state index contributed by atoms with van der Waals surface area (Å²) in [5, 5.41) is 13.4. The van der Waals surface area contributed by atoms with Gasteiger partial charge in [-0.05, 0) is 49.9 Å². The zero-order valence-electron chi connectivity index (χ0n) is 16.0. The lowest BCUT2D eigenvalue weighted by molar-refractivity contribution is 0.249. The largest absolute Gasteiger partial charge is 0.508 e. The first-order chi connectivity index (χ1) is 13.0. The van der Waals surface area contributed by atoms with E-state index in [1.54, 1.807) is 31.6 Å². The molecule has 0 radical (unpaired) electrons. The van der Waals surface area contributed by atoms with Crippen molar-refractivity contribution in [3.8, 4) is 28.4 Å². The molecule has 0 amide bonds. The van der Waals surface area contributed by atoms with Crippen molar-refractivity contribution in [1.82, 2.24) is 9.88 Å². The van der Waals surface area contributed by atoms with Gasteiger partial charge in [0.25, 0.3) is 0 Å². The van der Waals surface area contributed by atoms with Crippen molar-refractivity contribution in [2.75, 3.05) is 21.3 Å². The predicted octanol–water partition coefficient (Wildman–Crippen LogP) is 4.73. The molecular formula is C21H24N2O3S. The van der Waals surface area contributed by atoms with Gasteiger partial charge in [-0.2, -0.15) is 0 Å². The number of ether oxygens (including phenoxy) is 2. The Balaban J connectivity index is 1.91. The van der Waals surface area contributed by atoms with E-state index in [9.17, 15) is 5.11 Å². The van der Waals surface area contributed by atoms with E-state index in [1.807, 2.05) is 49.0 Å². The lowest BCUT2D eigenvalue weighted by Gasteiger charge is -2.23. The maximum Gasteiger partial charge on any atom is 0.126 e. The molecule has 0 bridgehead atoms. The molecule has 3 rings (SSSR count). The van der Waals surface area contributed by atoms with E-state index in [2.05, 4.69) is 16.8 Å². The molecular weight excluding hydrogens is 360 g/mol. The third kappa shape index (κ3) is 4.23. The lowest BCUT2D eigenvalue weighted by Crippen LogP contribution is -2.21. The molecule has 142 valence electrons. The Morgan fingerprint density at radius 1 is 1.15 bits per heavy atom. The summed E-state index contributed by atoms with van der Waals surface area (Å²) in [6, 6.07) is 11.5. The van der Waals surface area contributed by atoms with Gasteiger partial charge in [-0.1, -0.05) is 6.07 Å². The van der Waals surface area contributed by atoms with E-state index in [-0.39, 0.29) is 11.8 Å². The number of phenols is 1. The van der Waals surface area contributed by atoms with Crippen molar-refractivity contribution in [3.63, 3.8) is 0 Å². The second-order valence-corrected chi connectivity index (χ2v) is 7.30. The second kappa shape index (κ2) is 8.41. The number of thiazole rings is 1. The van der Waals surface area contributed by atoms with Crippen LogP contribution in [-0.4, -0.2) is 36.3 Å². The van der Waals surface area contributed by atoms with Crippen LogP contribution in [0, 0.1) is 0 Å². The minimum absolute atomic E-state index is 0.166. The van der Waals surface area contributed by atoms with E-state index in [4.69, 9.17) is 9.47 Å². The molecule has 0 saturated carbocycles. The molecule has 1 N–H and O–H groups in total. The van der Waals surface area contributed by atoms with Gasteiger partial charge in [0.05, 0.1) is 20.3 Å². The molecule has 0 saturated heterocycles. The summed E-state index contributed by atoms with van der Waals surface area (Å²) in [7, 11) is 5.32. The van der Waals surface area contributed by atoms with Crippen LogP contribution in [0.15, 0.2) is 48.0 Å². The smallest absolute Gasteiger partial charge is 0.126 e. The number of phenolic OH excluding ortho intramolecular Hbond substituents is 1. The lowest BCUT2D eigenvalue weighted by atomic mass is 10.0. The van der Waals surface area contributed by atoms with E-state index < -0.39 is 0 Å². The highest BCUT2D eigenvalue weighted by Crippen LogP contribution is 2.36. The van der Waals surface area contributed by atoms with Crippen LogP contribution < -0.4 is 9.47 Å². The summed E-state index contributed by atoms with van der Waals surface area (Å²) in [4.78, 5) is 6.56. The molecule has 6 heteroatoms. The molecule has 27 heavy (non-hydrogen) atoms. The average Bonchev–Trinajstić information content (AvgIpc) is 3.23. The molecule has 2 aromatic carbocycles. The predicted molar refractivity (Wildman–Crippen MR) is 109 cm³/mol. The molecule has 0 aliphatic carbocycles. The summed E-state index contributed by atoms with van der Waals surface area (Å²) >= 11 is 1.64. The zero-order valence-corrected chi connectivity index (χ0v) is 16.8. The molecule has 5 nitrogen and oxygen atoms in total. The van der Waals surface area contributed by atoms with Gasteiger partial charge in [-0.3, -0.25) is 4.90 Å². The van der Waals surface area contributed by atoms with Crippen LogP contribution in [0.4, 0.5) is 0 Å². The summed E-state index contributed by atoms with van der Waals surface area (Å²) in [5.74, 6) is 1.80. The molecule has 1 aromatic heterocycles. The maximum atomic E-state index is 10.4. The standard InChI is InChI=1S/C21H24N2O3S/c1-14(21-22-9-10-27-21)23(2)13-16-11-15(5-7-19(16)24)18-12-17(25-3)6-8-20(18)26-4/h5-12,14,24H,13H2,1-4H3/t14-/m0/s1. The summed E-state index contributed by atoms with van der Waals surface area (Å²) in [6.45, 7) is 2.72. The number of aromatic hydroxyl groups is 1. The number of rotatable bonds is 7. The minimum atomic E-state index is 0.166. The van der Waals surface area contributed by atoms with Crippen LogP contribution in [0.3, 0.4) is 0 Å². The molecule has 0 aliphatic rings. The van der Waals surface area contributed by atoms with Gasteiger partial charge in [0.15, 0.2) is 0 Å². The molecule has 0 fully saturated rings. The van der Waals surface area contributed by atoms with Crippen molar-refractivity contribution in [2.24, 2.45) is 0 Å². The van der Waals surface area contributed by atoms with Crippen LogP contribution in [0.2, 0.25) is 0 Å². The third-order valence-electron chi connectivity index (χ3n) is 4.69. The second-order valence-electron chi connectivity index (χ2n) is 6.37. The number of methoxy groups -OCH3 is 2. The van der Waals surface area contributed by atoms with Crippen molar-refractivity contribution < 1.29 is 14.6 Å². The Labute approximate surface area is 163 Å². The molecule has 3 aromatic rings. The quantitative estimate of drug-likeness (QED) is 0.638. The molecule has 1 heterocycles. The van der Waals surface area contributed by atoms with Crippen molar-refractivity contribution in [3.05, 3.63) is 58.5 Å². The molecule has 0 unspecified atom stereocenters. The monoisotopic (exact) mass is 384 g/mol. The van der Waals surface area contributed by atoms with Gasteiger partial charge in [0, 0.05) is 29.2 Å². The summed E-state index contributed by atoms with van der Waals surface area (Å²) in [5.41, 5.74) is 2.74. The van der Waals surface area contributed by atoms with Crippen molar-refractivity contribution >= 4 is 11.3 Å². The first-order valence-corrected chi connectivity index (χ1v) is 9.55. The van der Waals surface area contributed by atoms with Crippen LogP contribution in [0.25, 0.3) is 11.1 Å². The van der Waals surface area contributed by atoms with Crippen molar-refractivity contribution in [2.45, 2.75) is 19.5 Å². The number of hydrogen-bond donors (Lipinski definition) is 1. The Kier molecular flexibility index (Phi) is 5.98. The van der Waals surface area contributed by atoms with Gasteiger partial charge in [-0.25, -0.2) is 4.98 Å². The van der Waals surface area contributed by atoms with Crippen molar-refractivity contribution in [1.29, 1.82) is 0 Å². The Morgan fingerprint density at radius 2 is 1.96 bits per heavy atom. The summed E-state index contributed by atoms with van der Waals surface area (Å²) < 4.78 is 10.9.